The molecule has 3 heterocycles. The van der Waals surface area contributed by atoms with E-state index in [9.17, 15) is 19.2 Å². The number of carbonyl (C=O) groups excluding carboxylic acids is 3. The van der Waals surface area contributed by atoms with Gasteiger partial charge in [-0.2, -0.15) is 0 Å². The Kier molecular flexibility index (Phi) is 10.1. The molecular weight excluding hydrogens is 594 g/mol. The first-order valence-electron chi connectivity index (χ1n) is 13.9. The third kappa shape index (κ3) is 7.10. The van der Waals surface area contributed by atoms with Gasteiger partial charge >= 0.3 is 17.9 Å². The third-order valence-corrected chi connectivity index (χ3v) is 8.20. The molecule has 4 rings (SSSR count). The molecule has 0 radical (unpaired) electrons. The maximum Gasteiger partial charge on any atom is 0.303 e. The summed E-state index contributed by atoms with van der Waals surface area (Å²) in [5, 5.41) is 3.67. The zero-order valence-electron chi connectivity index (χ0n) is 25.7. The molecule has 236 valence electrons. The van der Waals surface area contributed by atoms with Crippen LogP contribution in [0.3, 0.4) is 0 Å². The van der Waals surface area contributed by atoms with Gasteiger partial charge in [0.25, 0.3) is 5.56 Å². The molecule has 1 fully saturated rings. The number of benzene rings is 1. The molecule has 2 N–H and O–H groups in total. The number of thioether (sulfide) groups is 1. The van der Waals surface area contributed by atoms with Crippen LogP contribution in [0.15, 0.2) is 21.8 Å². The molecule has 0 amide bonds. The number of aromatic amines is 1. The number of aryl methyl sites for hydroxylation is 2. The lowest BCUT2D eigenvalue weighted by Gasteiger charge is -2.44. The minimum atomic E-state index is -1.17. The van der Waals surface area contributed by atoms with Crippen LogP contribution in [0.5, 0.6) is 5.75 Å². The van der Waals surface area contributed by atoms with Crippen molar-refractivity contribution in [3.63, 3.8) is 0 Å². The molecule has 15 heteroatoms. The Morgan fingerprint density at radius 2 is 1.57 bits per heavy atom. The predicted octanol–water partition coefficient (Wildman–Crippen LogP) is 3.41. The fourth-order valence-electron chi connectivity index (χ4n) is 4.84. The fourth-order valence-corrected chi connectivity index (χ4v) is 6.15. The van der Waals surface area contributed by atoms with E-state index in [0.717, 1.165) is 11.8 Å². The van der Waals surface area contributed by atoms with Crippen LogP contribution in [0.1, 0.15) is 51.1 Å². The summed E-state index contributed by atoms with van der Waals surface area (Å²) in [5.74, 6) is -1.13. The van der Waals surface area contributed by atoms with Gasteiger partial charge in [-0.05, 0) is 39.3 Å². The number of fused-ring (bicyclic) bond motifs is 1. The van der Waals surface area contributed by atoms with Crippen molar-refractivity contribution >= 4 is 52.5 Å². The molecule has 1 aliphatic rings. The Morgan fingerprint density at radius 3 is 2.16 bits per heavy atom. The summed E-state index contributed by atoms with van der Waals surface area (Å²) in [6.07, 6.45) is -3.65. The number of anilines is 2. The Morgan fingerprint density at radius 1 is 0.932 bits per heavy atom. The first-order chi connectivity index (χ1) is 20.8. The number of nitrogens with one attached hydrogen (secondary N) is 2. The Bertz CT molecular complexity index is 1650. The summed E-state index contributed by atoms with van der Waals surface area (Å²) in [6, 6.07) is 3.56. The number of carbonyl (C=O) groups is 3. The van der Waals surface area contributed by atoms with Gasteiger partial charge in [0.2, 0.25) is 11.9 Å². The van der Waals surface area contributed by atoms with E-state index >= 15 is 0 Å². The molecule has 5 unspecified atom stereocenters. The molecule has 0 aliphatic carbocycles. The van der Waals surface area contributed by atoms with Crippen molar-refractivity contribution < 1.29 is 38.1 Å². The topological polar surface area (TPSA) is 181 Å². The van der Waals surface area contributed by atoms with E-state index < -0.39 is 47.8 Å². The number of rotatable bonds is 9. The number of nitrogens with zero attached hydrogens (tertiary/aromatic N) is 3. The molecule has 14 nitrogen and oxygen atoms in total. The first kappa shape index (κ1) is 32.7. The summed E-state index contributed by atoms with van der Waals surface area (Å²) < 4.78 is 28.8. The van der Waals surface area contributed by atoms with Crippen LogP contribution in [0.2, 0.25) is 0 Å². The van der Waals surface area contributed by atoms with Gasteiger partial charge in [0.05, 0.1) is 29.3 Å². The lowest BCUT2D eigenvalue weighted by atomic mass is 9.97. The molecule has 1 saturated heterocycles. The number of ether oxygens (including phenoxy) is 5. The van der Waals surface area contributed by atoms with E-state index in [2.05, 4.69) is 20.3 Å². The normalized spacial score (nSPS) is 21.4. The number of hydrogen-bond donors (Lipinski definition) is 2. The number of methoxy groups -OCH3 is 1. The molecular formula is C29H35N5O9S. The zero-order chi connectivity index (χ0) is 32.3. The minimum Gasteiger partial charge on any atom is -0.496 e. The zero-order valence-corrected chi connectivity index (χ0v) is 26.5. The molecule has 5 atom stereocenters. The van der Waals surface area contributed by atoms with E-state index in [1.165, 1.54) is 27.9 Å². The second-order valence-corrected chi connectivity index (χ2v) is 11.3. The van der Waals surface area contributed by atoms with Crippen LogP contribution < -0.4 is 15.6 Å². The highest BCUT2D eigenvalue weighted by atomic mass is 32.2. The van der Waals surface area contributed by atoms with Gasteiger partial charge in [0, 0.05) is 37.4 Å². The van der Waals surface area contributed by atoms with E-state index in [4.69, 9.17) is 28.7 Å². The average molecular weight is 630 g/mol. The molecule has 0 spiro atoms. The van der Waals surface area contributed by atoms with E-state index in [0.29, 0.717) is 44.9 Å². The van der Waals surface area contributed by atoms with Crippen molar-refractivity contribution in [2.45, 2.75) is 89.6 Å². The largest absolute Gasteiger partial charge is 0.496 e. The lowest BCUT2D eigenvalue weighted by molar-refractivity contribution is -0.232. The maximum absolute atomic E-state index is 12.3. The quantitative estimate of drug-likeness (QED) is 0.259. The van der Waals surface area contributed by atoms with Gasteiger partial charge in [0.1, 0.15) is 11.2 Å². The van der Waals surface area contributed by atoms with Gasteiger partial charge < -0.3 is 23.7 Å². The third-order valence-electron chi connectivity index (χ3n) is 6.96. The Balaban J connectivity index is 1.82. The van der Waals surface area contributed by atoms with E-state index in [1.54, 1.807) is 26.8 Å². The van der Waals surface area contributed by atoms with E-state index in [-0.39, 0.29) is 17.5 Å². The smallest absolute Gasteiger partial charge is 0.303 e. The monoisotopic (exact) mass is 629 g/mol. The molecule has 2 aromatic heterocycles. The number of esters is 3. The van der Waals surface area contributed by atoms with Gasteiger partial charge in [0.15, 0.2) is 18.3 Å². The summed E-state index contributed by atoms with van der Waals surface area (Å²) >= 11 is 1.15. The molecule has 0 bridgehead atoms. The summed E-state index contributed by atoms with van der Waals surface area (Å²) in [5.41, 5.74) is 0.911. The first-order valence-corrected chi connectivity index (χ1v) is 14.7. The van der Waals surface area contributed by atoms with Crippen molar-refractivity contribution in [1.29, 1.82) is 0 Å². The molecule has 3 aromatic rings. The minimum absolute atomic E-state index is 0.164. The number of hydrogen-bond acceptors (Lipinski definition) is 14. The predicted molar refractivity (Wildman–Crippen MR) is 160 cm³/mol. The van der Waals surface area contributed by atoms with Crippen LogP contribution >= 0.6 is 11.8 Å². The lowest BCUT2D eigenvalue weighted by Crippen LogP contribution is -2.60. The summed E-state index contributed by atoms with van der Waals surface area (Å²) in [7, 11) is 1.50. The van der Waals surface area contributed by atoms with E-state index in [1.807, 2.05) is 13.0 Å². The standard InChI is InChI=1S/C29H35N5O9S/c1-9-19-22(40-15(5)35)23(41-16(6)36)24(42-17(7)37)27(43-19)44-25-20(39-8)11-10-18-14(4)31-28(32-21(18)25)34-29-30-13(3)12(2)26(38)33-29/h10-11,19,22-24,27H,9H2,1-8H3,(H2,30,31,32,33,34,38). The summed E-state index contributed by atoms with van der Waals surface area (Å²) in [6.45, 7) is 10.7. The van der Waals surface area contributed by atoms with Crippen molar-refractivity contribution in [3.8, 4) is 5.75 Å². The second-order valence-electron chi connectivity index (χ2n) is 10.2. The highest BCUT2D eigenvalue weighted by Gasteiger charge is 2.51. The molecule has 0 saturated carbocycles. The van der Waals surface area contributed by atoms with Crippen LogP contribution in [0.25, 0.3) is 10.9 Å². The maximum atomic E-state index is 12.3. The summed E-state index contributed by atoms with van der Waals surface area (Å²) in [4.78, 5) is 65.6. The Labute approximate surface area is 257 Å². The highest BCUT2D eigenvalue weighted by Crippen LogP contribution is 2.44. The highest BCUT2D eigenvalue weighted by molar-refractivity contribution is 8.00. The SMILES string of the molecule is CCC1OC(Sc2c(OC)ccc3c(C)nc(Nc4nc(C)c(C)c(=O)[nH]4)nc23)C(OC(C)=O)C(OC(C)=O)C1OC(C)=O. The van der Waals surface area contributed by atoms with Crippen LogP contribution in [0.4, 0.5) is 11.9 Å². The van der Waals surface area contributed by atoms with Crippen molar-refractivity contribution in [1.82, 2.24) is 19.9 Å². The molecule has 44 heavy (non-hydrogen) atoms. The van der Waals surface area contributed by atoms with Crippen molar-refractivity contribution in [3.05, 3.63) is 39.4 Å². The molecule has 1 aliphatic heterocycles. The average Bonchev–Trinajstić information content (AvgIpc) is 2.94. The van der Waals surface area contributed by atoms with Gasteiger partial charge in [-0.1, -0.05) is 18.7 Å². The van der Waals surface area contributed by atoms with Gasteiger partial charge in [-0.3, -0.25) is 29.5 Å². The van der Waals surface area contributed by atoms with Gasteiger partial charge in [-0.15, -0.1) is 0 Å². The number of H-pyrrole nitrogens is 1. The Hall–Kier alpha value is -4.24. The second kappa shape index (κ2) is 13.6. The fraction of sp³-hybridized carbons (Fsp3) is 0.483. The number of aromatic nitrogens is 4. The van der Waals surface area contributed by atoms with Crippen LogP contribution in [-0.2, 0) is 33.3 Å². The molecule has 1 aromatic carbocycles. The van der Waals surface area contributed by atoms with Crippen LogP contribution in [0, 0.1) is 20.8 Å². The van der Waals surface area contributed by atoms with Gasteiger partial charge in [-0.25, -0.2) is 15.0 Å². The van der Waals surface area contributed by atoms with Crippen molar-refractivity contribution in [2.75, 3.05) is 12.4 Å². The van der Waals surface area contributed by atoms with Crippen LogP contribution in [-0.4, -0.2) is 74.8 Å². The van der Waals surface area contributed by atoms with Crippen molar-refractivity contribution in [2.24, 2.45) is 0 Å².